The number of piperidine rings is 1. The lowest BCUT2D eigenvalue weighted by atomic mass is 9.85. The minimum Gasteiger partial charge on any atom is -0.480 e. The number of carboxylic acids is 1. The second kappa shape index (κ2) is 8.36. The van der Waals surface area contributed by atoms with Crippen molar-refractivity contribution in [3.05, 3.63) is 0 Å². The van der Waals surface area contributed by atoms with Crippen LogP contribution in [0.4, 0.5) is 4.79 Å². The maximum Gasteiger partial charge on any atom is 0.317 e. The molecule has 2 amide bonds. The molecule has 0 aromatic carbocycles. The fourth-order valence-corrected chi connectivity index (χ4v) is 4.11. The van der Waals surface area contributed by atoms with Crippen LogP contribution in [0.5, 0.6) is 0 Å². The van der Waals surface area contributed by atoms with E-state index in [1.54, 1.807) is 0 Å². The Labute approximate surface area is 150 Å². The van der Waals surface area contributed by atoms with Crippen LogP contribution >= 0.6 is 0 Å². The number of likely N-dealkylation sites (tertiary alicyclic amines) is 1. The first-order valence-electron chi connectivity index (χ1n) is 9.79. The van der Waals surface area contributed by atoms with Crippen LogP contribution in [0.1, 0.15) is 45.4 Å². The number of aliphatic carboxylic acids is 1. The normalized spacial score (nSPS) is 27.8. The molecule has 0 aromatic rings. The van der Waals surface area contributed by atoms with Crippen LogP contribution in [0, 0.1) is 5.92 Å². The molecule has 3 aliphatic rings. The summed E-state index contributed by atoms with van der Waals surface area (Å²) in [5.74, 6) is -0.190. The Balaban J connectivity index is 1.27. The van der Waals surface area contributed by atoms with E-state index in [1.165, 1.54) is 38.8 Å². The predicted octanol–water partition coefficient (Wildman–Crippen LogP) is 1.10. The lowest BCUT2D eigenvalue weighted by Crippen LogP contribution is -2.56. The lowest BCUT2D eigenvalue weighted by Gasteiger charge is -2.42. The predicted molar refractivity (Wildman–Crippen MR) is 95.5 cm³/mol. The number of nitrogens with zero attached hydrogens (tertiary/aromatic N) is 2. The molecular weight excluding hydrogens is 320 g/mol. The zero-order chi connectivity index (χ0) is 17.8. The van der Waals surface area contributed by atoms with E-state index < -0.39 is 5.97 Å². The highest BCUT2D eigenvalue weighted by Crippen LogP contribution is 2.30. The van der Waals surface area contributed by atoms with Gasteiger partial charge >= 0.3 is 12.0 Å². The summed E-state index contributed by atoms with van der Waals surface area (Å²) in [6.07, 6.45) is 6.79. The number of carbonyl (C=O) groups excluding carboxylic acids is 1. The van der Waals surface area contributed by atoms with E-state index in [1.807, 2.05) is 11.8 Å². The number of likely N-dealkylation sites (N-methyl/N-ethyl adjacent to an activating group) is 1. The van der Waals surface area contributed by atoms with Crippen molar-refractivity contribution < 1.29 is 14.7 Å². The Morgan fingerprint density at radius 3 is 2.40 bits per heavy atom. The van der Waals surface area contributed by atoms with Crippen LogP contribution in [0.15, 0.2) is 0 Å². The van der Waals surface area contributed by atoms with Gasteiger partial charge in [-0.1, -0.05) is 6.92 Å². The van der Waals surface area contributed by atoms with Gasteiger partial charge in [-0.2, -0.15) is 0 Å². The molecular formula is C18H32N4O3. The molecule has 7 nitrogen and oxygen atoms in total. The van der Waals surface area contributed by atoms with Gasteiger partial charge in [0.25, 0.3) is 0 Å². The Hall–Kier alpha value is -1.34. The summed E-state index contributed by atoms with van der Waals surface area (Å²) in [7, 11) is 0. The second-order valence-corrected chi connectivity index (χ2v) is 7.84. The molecule has 2 saturated carbocycles. The SMILES string of the molecule is CCN(CC(=O)O)C1CC(NC(=O)NCC2CCN(C3CC3)CC2)C1. The van der Waals surface area contributed by atoms with Gasteiger partial charge < -0.3 is 20.6 Å². The third kappa shape index (κ3) is 5.31. The number of hydrogen-bond acceptors (Lipinski definition) is 4. The molecule has 142 valence electrons. The summed E-state index contributed by atoms with van der Waals surface area (Å²) in [5.41, 5.74) is 0. The van der Waals surface area contributed by atoms with Crippen LogP contribution in [0.3, 0.4) is 0 Å². The summed E-state index contributed by atoms with van der Waals surface area (Å²) in [6.45, 7) is 5.92. The fourth-order valence-electron chi connectivity index (χ4n) is 4.11. The Morgan fingerprint density at radius 1 is 1.16 bits per heavy atom. The van der Waals surface area contributed by atoms with E-state index in [0.29, 0.717) is 5.92 Å². The minimum absolute atomic E-state index is 0.0747. The second-order valence-electron chi connectivity index (χ2n) is 7.84. The molecule has 0 radical (unpaired) electrons. The van der Waals surface area contributed by atoms with Crippen molar-refractivity contribution in [3.63, 3.8) is 0 Å². The number of amides is 2. The summed E-state index contributed by atoms with van der Waals surface area (Å²) < 4.78 is 0. The first-order valence-corrected chi connectivity index (χ1v) is 9.79. The Bertz CT molecular complexity index is 469. The average Bonchev–Trinajstić information content (AvgIpc) is 3.39. The van der Waals surface area contributed by atoms with E-state index in [9.17, 15) is 9.59 Å². The van der Waals surface area contributed by atoms with E-state index >= 15 is 0 Å². The molecule has 2 aliphatic carbocycles. The molecule has 0 unspecified atom stereocenters. The number of rotatable bonds is 8. The maximum atomic E-state index is 12.1. The summed E-state index contributed by atoms with van der Waals surface area (Å²) >= 11 is 0. The van der Waals surface area contributed by atoms with Gasteiger partial charge in [0.2, 0.25) is 0 Å². The molecule has 3 N–H and O–H groups in total. The summed E-state index contributed by atoms with van der Waals surface area (Å²) in [4.78, 5) is 27.5. The van der Waals surface area contributed by atoms with Crippen molar-refractivity contribution >= 4 is 12.0 Å². The summed E-state index contributed by atoms with van der Waals surface area (Å²) in [5, 5.41) is 15.0. The topological polar surface area (TPSA) is 84.9 Å². The smallest absolute Gasteiger partial charge is 0.317 e. The number of carbonyl (C=O) groups is 2. The first-order chi connectivity index (χ1) is 12.0. The molecule has 25 heavy (non-hydrogen) atoms. The molecule has 1 heterocycles. The molecule has 3 fully saturated rings. The lowest BCUT2D eigenvalue weighted by molar-refractivity contribution is -0.139. The van der Waals surface area contributed by atoms with Crippen LogP contribution in [0.25, 0.3) is 0 Å². The van der Waals surface area contributed by atoms with Crippen molar-refractivity contribution in [1.82, 2.24) is 20.4 Å². The van der Waals surface area contributed by atoms with Crippen molar-refractivity contribution in [1.29, 1.82) is 0 Å². The number of hydrogen-bond donors (Lipinski definition) is 3. The standard InChI is InChI=1S/C18H32N4O3/c1-2-21(12-17(23)24)16-9-14(10-16)20-18(25)19-11-13-5-7-22(8-6-13)15-3-4-15/h13-16H,2-12H2,1H3,(H,23,24)(H2,19,20,25). The molecule has 1 aliphatic heterocycles. The fraction of sp³-hybridized carbons (Fsp3) is 0.889. The molecule has 0 atom stereocenters. The van der Waals surface area contributed by atoms with E-state index in [2.05, 4.69) is 15.5 Å². The largest absolute Gasteiger partial charge is 0.480 e. The number of nitrogens with one attached hydrogen (secondary N) is 2. The van der Waals surface area contributed by atoms with E-state index in [-0.39, 0.29) is 24.7 Å². The Morgan fingerprint density at radius 2 is 1.84 bits per heavy atom. The Kier molecular flexibility index (Phi) is 6.17. The maximum absolute atomic E-state index is 12.1. The van der Waals surface area contributed by atoms with Crippen molar-refractivity contribution in [2.75, 3.05) is 32.7 Å². The van der Waals surface area contributed by atoms with Gasteiger partial charge in [-0.05, 0) is 64.1 Å². The van der Waals surface area contributed by atoms with Gasteiger partial charge in [0.1, 0.15) is 0 Å². The third-order valence-corrected chi connectivity index (χ3v) is 5.97. The molecule has 0 spiro atoms. The van der Waals surface area contributed by atoms with Gasteiger partial charge in [-0.3, -0.25) is 9.69 Å². The van der Waals surface area contributed by atoms with Crippen LogP contribution in [-0.4, -0.2) is 77.8 Å². The quantitative estimate of drug-likeness (QED) is 0.609. The van der Waals surface area contributed by atoms with Crippen molar-refractivity contribution in [2.45, 2.75) is 63.6 Å². The minimum atomic E-state index is -0.788. The number of urea groups is 1. The monoisotopic (exact) mass is 352 g/mol. The molecule has 0 aromatic heterocycles. The molecule has 0 bridgehead atoms. The summed E-state index contributed by atoms with van der Waals surface area (Å²) in [6, 6.07) is 1.23. The van der Waals surface area contributed by atoms with Crippen LogP contribution in [0.2, 0.25) is 0 Å². The molecule has 7 heteroatoms. The highest BCUT2D eigenvalue weighted by atomic mass is 16.4. The van der Waals surface area contributed by atoms with Gasteiger partial charge in [0.05, 0.1) is 6.54 Å². The van der Waals surface area contributed by atoms with Crippen LogP contribution < -0.4 is 10.6 Å². The van der Waals surface area contributed by atoms with Gasteiger partial charge in [-0.15, -0.1) is 0 Å². The highest BCUT2D eigenvalue weighted by Gasteiger charge is 2.35. The van der Waals surface area contributed by atoms with Gasteiger partial charge in [-0.25, -0.2) is 4.79 Å². The van der Waals surface area contributed by atoms with Crippen LogP contribution in [-0.2, 0) is 4.79 Å². The van der Waals surface area contributed by atoms with Crippen molar-refractivity contribution in [2.24, 2.45) is 5.92 Å². The number of carboxylic acid groups (broad SMARTS) is 1. The zero-order valence-corrected chi connectivity index (χ0v) is 15.2. The highest BCUT2D eigenvalue weighted by molar-refractivity contribution is 5.74. The van der Waals surface area contributed by atoms with Gasteiger partial charge in [0.15, 0.2) is 0 Å². The van der Waals surface area contributed by atoms with Gasteiger partial charge in [0, 0.05) is 24.7 Å². The molecule has 3 rings (SSSR count). The zero-order valence-electron chi connectivity index (χ0n) is 15.2. The van der Waals surface area contributed by atoms with E-state index in [0.717, 1.165) is 32.0 Å². The van der Waals surface area contributed by atoms with Crippen molar-refractivity contribution in [3.8, 4) is 0 Å². The average molecular weight is 352 g/mol. The molecule has 1 saturated heterocycles. The third-order valence-electron chi connectivity index (χ3n) is 5.97. The van der Waals surface area contributed by atoms with E-state index in [4.69, 9.17) is 5.11 Å². The first kappa shape index (κ1) is 18.5.